The van der Waals surface area contributed by atoms with Gasteiger partial charge in [-0.3, -0.25) is 0 Å². The van der Waals surface area contributed by atoms with Crippen LogP contribution in [0.4, 0.5) is 0 Å². The summed E-state index contributed by atoms with van der Waals surface area (Å²) in [4.78, 5) is 0. The topological polar surface area (TPSA) is 9.23 Å². The van der Waals surface area contributed by atoms with E-state index in [1.165, 1.54) is 103 Å². The third-order valence-electron chi connectivity index (χ3n) is 7.11. The molecule has 2 rings (SSSR count). The Morgan fingerprint density at radius 3 is 2.20 bits per heavy atom. The predicted octanol–water partition coefficient (Wildman–Crippen LogP) is 7.70. The van der Waals surface area contributed by atoms with Crippen molar-refractivity contribution in [3.63, 3.8) is 0 Å². The van der Waals surface area contributed by atoms with E-state index in [-0.39, 0.29) is 0 Å². The van der Waals surface area contributed by atoms with Gasteiger partial charge in [0.05, 0.1) is 13.2 Å². The molecule has 0 aromatic heterocycles. The summed E-state index contributed by atoms with van der Waals surface area (Å²) in [5, 5.41) is 0. The van der Waals surface area contributed by atoms with E-state index in [9.17, 15) is 0 Å². The fourth-order valence-electron chi connectivity index (χ4n) is 5.44. The Bertz CT molecular complexity index is 334. The van der Waals surface area contributed by atoms with E-state index in [4.69, 9.17) is 4.74 Å². The third kappa shape index (κ3) is 7.45. The maximum Gasteiger partial charge on any atom is 0.0645 e. The molecule has 0 heterocycles. The van der Waals surface area contributed by atoms with Crippen LogP contribution in [0.5, 0.6) is 0 Å². The molecule has 0 aliphatic heterocycles. The minimum absolute atomic E-state index is 0.485. The van der Waals surface area contributed by atoms with E-state index in [1.807, 2.05) is 6.08 Å². The Balaban J connectivity index is 1.76. The van der Waals surface area contributed by atoms with Gasteiger partial charge in [0.15, 0.2) is 0 Å². The quantitative estimate of drug-likeness (QED) is 0.259. The molecule has 146 valence electrons. The van der Waals surface area contributed by atoms with Crippen LogP contribution in [0, 0.1) is 17.3 Å². The van der Waals surface area contributed by atoms with Crippen LogP contribution in [0.25, 0.3) is 0 Å². The molecular formula is C24H44O. The second kappa shape index (κ2) is 12.2. The van der Waals surface area contributed by atoms with Crippen LogP contribution in [-0.2, 0) is 4.74 Å². The zero-order chi connectivity index (χ0) is 17.8. The summed E-state index contributed by atoms with van der Waals surface area (Å²) in [6.45, 7) is 7.82. The van der Waals surface area contributed by atoms with Crippen molar-refractivity contribution in [3.8, 4) is 0 Å². The number of hydrogen-bond acceptors (Lipinski definition) is 1. The molecule has 2 fully saturated rings. The van der Waals surface area contributed by atoms with Crippen molar-refractivity contribution in [2.75, 3.05) is 13.2 Å². The predicted molar refractivity (Wildman–Crippen MR) is 110 cm³/mol. The minimum Gasteiger partial charge on any atom is -0.377 e. The standard InChI is InChI=1S/C24H44O/c1-3-5-6-7-8-12-17-24(21-25-20-4-2)18-15-23(16-19-24)22-13-10-9-11-14-22/h4,22-23H,2-3,5-21H2,1H3. The van der Waals surface area contributed by atoms with E-state index in [1.54, 1.807) is 0 Å². The third-order valence-corrected chi connectivity index (χ3v) is 7.11. The Hall–Kier alpha value is -0.300. The lowest BCUT2D eigenvalue weighted by atomic mass is 9.64. The van der Waals surface area contributed by atoms with Crippen molar-refractivity contribution < 1.29 is 4.74 Å². The summed E-state index contributed by atoms with van der Waals surface area (Å²) >= 11 is 0. The highest BCUT2D eigenvalue weighted by atomic mass is 16.5. The van der Waals surface area contributed by atoms with Crippen molar-refractivity contribution in [2.24, 2.45) is 17.3 Å². The van der Waals surface area contributed by atoms with Crippen LogP contribution < -0.4 is 0 Å². The van der Waals surface area contributed by atoms with Gasteiger partial charge in [0, 0.05) is 0 Å². The second-order valence-corrected chi connectivity index (χ2v) is 9.06. The summed E-state index contributed by atoms with van der Waals surface area (Å²) in [5.74, 6) is 2.08. The van der Waals surface area contributed by atoms with E-state index in [0.29, 0.717) is 5.41 Å². The molecule has 0 saturated heterocycles. The van der Waals surface area contributed by atoms with Crippen molar-refractivity contribution in [3.05, 3.63) is 12.7 Å². The smallest absolute Gasteiger partial charge is 0.0645 e. The zero-order valence-electron chi connectivity index (χ0n) is 17.1. The maximum atomic E-state index is 5.98. The molecular weight excluding hydrogens is 304 g/mol. The lowest BCUT2D eigenvalue weighted by molar-refractivity contribution is 0.00340. The van der Waals surface area contributed by atoms with Crippen molar-refractivity contribution >= 4 is 0 Å². The molecule has 0 radical (unpaired) electrons. The fourth-order valence-corrected chi connectivity index (χ4v) is 5.44. The van der Waals surface area contributed by atoms with Crippen LogP contribution >= 0.6 is 0 Å². The zero-order valence-corrected chi connectivity index (χ0v) is 17.1. The van der Waals surface area contributed by atoms with Gasteiger partial charge < -0.3 is 4.74 Å². The molecule has 0 aromatic carbocycles. The van der Waals surface area contributed by atoms with Gasteiger partial charge in [-0.1, -0.05) is 83.6 Å². The number of unbranched alkanes of at least 4 members (excludes halogenated alkanes) is 5. The molecule has 0 aromatic rings. The van der Waals surface area contributed by atoms with Crippen LogP contribution in [0.15, 0.2) is 12.7 Å². The van der Waals surface area contributed by atoms with Gasteiger partial charge >= 0.3 is 0 Å². The Morgan fingerprint density at radius 2 is 1.52 bits per heavy atom. The average molecular weight is 349 g/mol. The van der Waals surface area contributed by atoms with E-state index in [2.05, 4.69) is 13.5 Å². The molecule has 25 heavy (non-hydrogen) atoms. The first-order valence-corrected chi connectivity index (χ1v) is 11.5. The SMILES string of the molecule is C=CCOCC1(CCCCCCCC)CCC(C2CCCCC2)CC1. The summed E-state index contributed by atoms with van der Waals surface area (Å²) < 4.78 is 5.98. The molecule has 0 N–H and O–H groups in total. The second-order valence-electron chi connectivity index (χ2n) is 9.06. The highest BCUT2D eigenvalue weighted by Gasteiger charge is 2.37. The number of hydrogen-bond donors (Lipinski definition) is 0. The summed E-state index contributed by atoms with van der Waals surface area (Å²) in [7, 11) is 0. The molecule has 0 unspecified atom stereocenters. The van der Waals surface area contributed by atoms with Gasteiger partial charge in [0.2, 0.25) is 0 Å². The van der Waals surface area contributed by atoms with Crippen LogP contribution in [0.1, 0.15) is 110 Å². The first-order valence-electron chi connectivity index (χ1n) is 11.5. The molecule has 2 aliphatic carbocycles. The van der Waals surface area contributed by atoms with Gasteiger partial charge in [-0.25, -0.2) is 0 Å². The van der Waals surface area contributed by atoms with Crippen molar-refractivity contribution in [1.29, 1.82) is 0 Å². The van der Waals surface area contributed by atoms with E-state index < -0.39 is 0 Å². The van der Waals surface area contributed by atoms with Gasteiger partial charge in [0.1, 0.15) is 0 Å². The van der Waals surface area contributed by atoms with Gasteiger partial charge in [-0.05, 0) is 49.4 Å². The number of ether oxygens (including phenoxy) is 1. The average Bonchev–Trinajstić information content (AvgIpc) is 2.66. The largest absolute Gasteiger partial charge is 0.377 e. The van der Waals surface area contributed by atoms with Crippen LogP contribution in [0.2, 0.25) is 0 Å². The van der Waals surface area contributed by atoms with Gasteiger partial charge in [0.25, 0.3) is 0 Å². The minimum atomic E-state index is 0.485. The van der Waals surface area contributed by atoms with E-state index in [0.717, 1.165) is 25.0 Å². The fraction of sp³-hybridized carbons (Fsp3) is 0.917. The Morgan fingerprint density at radius 1 is 0.880 bits per heavy atom. The summed E-state index contributed by atoms with van der Waals surface area (Å²) in [5.41, 5.74) is 0.485. The molecule has 0 atom stereocenters. The van der Waals surface area contributed by atoms with Crippen LogP contribution in [0.3, 0.4) is 0 Å². The summed E-state index contributed by atoms with van der Waals surface area (Å²) in [6, 6.07) is 0. The summed E-state index contributed by atoms with van der Waals surface area (Å²) in [6.07, 6.45) is 25.0. The normalized spacial score (nSPS) is 28.1. The monoisotopic (exact) mass is 348 g/mol. The van der Waals surface area contributed by atoms with Gasteiger partial charge in [-0.2, -0.15) is 0 Å². The molecule has 2 aliphatic rings. The highest BCUT2D eigenvalue weighted by Crippen LogP contribution is 2.47. The van der Waals surface area contributed by atoms with Crippen molar-refractivity contribution in [1.82, 2.24) is 0 Å². The molecule has 1 nitrogen and oxygen atoms in total. The Labute approximate surface area is 158 Å². The molecule has 0 bridgehead atoms. The Kier molecular flexibility index (Phi) is 10.2. The van der Waals surface area contributed by atoms with Gasteiger partial charge in [-0.15, -0.1) is 6.58 Å². The molecule has 2 saturated carbocycles. The molecule has 1 heteroatoms. The lowest BCUT2D eigenvalue weighted by Crippen LogP contribution is -2.34. The first-order chi connectivity index (χ1) is 12.3. The van der Waals surface area contributed by atoms with Crippen LogP contribution in [-0.4, -0.2) is 13.2 Å². The lowest BCUT2D eigenvalue weighted by Gasteiger charge is -2.43. The first kappa shape index (κ1) is 21.0. The van der Waals surface area contributed by atoms with E-state index >= 15 is 0 Å². The van der Waals surface area contributed by atoms with Crippen molar-refractivity contribution in [2.45, 2.75) is 110 Å². The highest BCUT2D eigenvalue weighted by molar-refractivity contribution is 4.89. The molecule has 0 spiro atoms. The molecule has 0 amide bonds. The number of rotatable bonds is 12. The maximum absolute atomic E-state index is 5.98.